The molecule has 6 nitrogen and oxygen atoms in total. The van der Waals surface area contributed by atoms with Crippen molar-refractivity contribution < 1.29 is 28.6 Å². The van der Waals surface area contributed by atoms with Crippen LogP contribution in [0.15, 0.2) is 48.6 Å². The van der Waals surface area contributed by atoms with Crippen LogP contribution >= 0.6 is 0 Å². The Labute approximate surface area is 505 Å². The maximum Gasteiger partial charge on any atom is 0.306 e. The average Bonchev–Trinajstić information content (AvgIpc) is 3.47. The third-order valence-electron chi connectivity index (χ3n) is 16.3. The maximum absolute atomic E-state index is 12.9. The standard InChI is InChI=1S/C75H138O6/c1-4-7-10-13-16-19-22-25-27-29-31-32-33-34-35-36-37-38-39-40-41-42-43-44-45-47-48-50-53-56-59-62-65-68-74(77)80-71-72(70-79-73(76)67-64-61-58-55-52-24-21-18-15-12-9-6-3)81-75(78)69-66-63-60-57-54-51-49-46-30-28-26-23-20-17-14-11-8-5-2/h22,25,28-31,33-34,72H,4-21,23-24,26-27,32,35-71H2,1-3H3/b25-22-,30-28-,31-29-,34-33-. The van der Waals surface area contributed by atoms with Gasteiger partial charge in [-0.25, -0.2) is 0 Å². The lowest BCUT2D eigenvalue weighted by molar-refractivity contribution is -0.167. The van der Waals surface area contributed by atoms with E-state index in [-0.39, 0.29) is 31.1 Å². The molecule has 0 bridgehead atoms. The number of rotatable bonds is 67. The van der Waals surface area contributed by atoms with Crippen LogP contribution in [-0.2, 0) is 28.6 Å². The van der Waals surface area contributed by atoms with Crippen LogP contribution in [0.1, 0.15) is 393 Å². The van der Waals surface area contributed by atoms with E-state index in [0.29, 0.717) is 19.3 Å². The summed E-state index contributed by atoms with van der Waals surface area (Å²) >= 11 is 0. The molecule has 0 aliphatic heterocycles. The molecule has 0 saturated heterocycles. The van der Waals surface area contributed by atoms with E-state index in [9.17, 15) is 14.4 Å². The molecule has 0 aromatic carbocycles. The van der Waals surface area contributed by atoms with Crippen molar-refractivity contribution in [3.8, 4) is 0 Å². The fourth-order valence-corrected chi connectivity index (χ4v) is 10.9. The molecule has 81 heavy (non-hydrogen) atoms. The van der Waals surface area contributed by atoms with Crippen LogP contribution < -0.4 is 0 Å². The summed E-state index contributed by atoms with van der Waals surface area (Å²) in [6, 6.07) is 0. The summed E-state index contributed by atoms with van der Waals surface area (Å²) < 4.78 is 17.0. The molecule has 1 atom stereocenters. The van der Waals surface area contributed by atoms with E-state index in [1.165, 1.54) is 283 Å². The Morgan fingerprint density at radius 1 is 0.247 bits per heavy atom. The highest BCUT2D eigenvalue weighted by atomic mass is 16.6. The van der Waals surface area contributed by atoms with Gasteiger partial charge in [0, 0.05) is 19.3 Å². The number of allylic oxidation sites excluding steroid dienone is 8. The monoisotopic (exact) mass is 1140 g/mol. The number of ether oxygens (including phenoxy) is 3. The van der Waals surface area contributed by atoms with Gasteiger partial charge in [-0.15, -0.1) is 0 Å². The molecule has 6 heteroatoms. The van der Waals surface area contributed by atoms with Crippen LogP contribution in [0.5, 0.6) is 0 Å². The van der Waals surface area contributed by atoms with Gasteiger partial charge in [-0.2, -0.15) is 0 Å². The van der Waals surface area contributed by atoms with E-state index in [2.05, 4.69) is 69.4 Å². The third-order valence-corrected chi connectivity index (χ3v) is 16.3. The zero-order valence-corrected chi connectivity index (χ0v) is 54.6. The molecule has 0 spiro atoms. The van der Waals surface area contributed by atoms with Crippen molar-refractivity contribution in [2.45, 2.75) is 399 Å². The normalized spacial score (nSPS) is 12.3. The van der Waals surface area contributed by atoms with Gasteiger partial charge in [0.2, 0.25) is 0 Å². The van der Waals surface area contributed by atoms with E-state index in [1.54, 1.807) is 0 Å². The second kappa shape index (κ2) is 69.9. The van der Waals surface area contributed by atoms with Crippen LogP contribution in [-0.4, -0.2) is 37.2 Å². The Balaban J connectivity index is 4.12. The zero-order chi connectivity index (χ0) is 58.5. The van der Waals surface area contributed by atoms with Gasteiger partial charge in [-0.05, 0) is 83.5 Å². The molecule has 0 N–H and O–H groups in total. The fourth-order valence-electron chi connectivity index (χ4n) is 10.9. The number of hydrogen-bond donors (Lipinski definition) is 0. The summed E-state index contributed by atoms with van der Waals surface area (Å²) in [5.74, 6) is -0.847. The van der Waals surface area contributed by atoms with Gasteiger partial charge in [0.05, 0.1) is 0 Å². The number of unbranched alkanes of at least 4 members (excludes halogenated alkanes) is 48. The first-order valence-electron chi connectivity index (χ1n) is 36.1. The summed E-state index contributed by atoms with van der Waals surface area (Å²) in [5, 5.41) is 0. The van der Waals surface area contributed by atoms with Crippen LogP contribution in [0.3, 0.4) is 0 Å². The highest BCUT2D eigenvalue weighted by molar-refractivity contribution is 5.71. The largest absolute Gasteiger partial charge is 0.462 e. The lowest BCUT2D eigenvalue weighted by atomic mass is 10.0. The highest BCUT2D eigenvalue weighted by Gasteiger charge is 2.19. The van der Waals surface area contributed by atoms with Gasteiger partial charge < -0.3 is 14.2 Å². The molecule has 0 aliphatic rings. The van der Waals surface area contributed by atoms with Gasteiger partial charge in [0.1, 0.15) is 13.2 Å². The van der Waals surface area contributed by atoms with Crippen LogP contribution in [0, 0.1) is 0 Å². The van der Waals surface area contributed by atoms with E-state index in [4.69, 9.17) is 14.2 Å². The summed E-state index contributed by atoms with van der Waals surface area (Å²) in [5.41, 5.74) is 0. The van der Waals surface area contributed by atoms with Gasteiger partial charge in [-0.3, -0.25) is 14.4 Å². The second-order valence-electron chi connectivity index (χ2n) is 24.5. The second-order valence-corrected chi connectivity index (χ2v) is 24.5. The molecular formula is C75H138O6. The van der Waals surface area contributed by atoms with Gasteiger partial charge >= 0.3 is 17.9 Å². The molecule has 0 radical (unpaired) electrons. The van der Waals surface area contributed by atoms with Crippen LogP contribution in [0.4, 0.5) is 0 Å². The predicted octanol–water partition coefficient (Wildman–Crippen LogP) is 24.9. The SMILES string of the molecule is CCCCCCC/C=C\C/C=C\C/C=C\CCCCCCCCCCCCCCCCCCCCC(=O)OCC(COC(=O)CCCCCCCCCCCCCC)OC(=O)CCCCCCCCC/C=C\CCCCCCCCC. The quantitative estimate of drug-likeness (QED) is 0.0261. The Morgan fingerprint density at radius 3 is 0.704 bits per heavy atom. The zero-order valence-electron chi connectivity index (χ0n) is 54.6. The Kier molecular flexibility index (Phi) is 67.6. The van der Waals surface area contributed by atoms with Gasteiger partial charge in [0.25, 0.3) is 0 Å². The molecule has 0 fully saturated rings. The van der Waals surface area contributed by atoms with Crippen molar-refractivity contribution in [2.75, 3.05) is 13.2 Å². The minimum absolute atomic E-state index is 0.0689. The number of hydrogen-bond acceptors (Lipinski definition) is 6. The first-order chi connectivity index (χ1) is 40.0. The van der Waals surface area contributed by atoms with E-state index in [1.807, 2.05) is 0 Å². The molecule has 0 aromatic rings. The van der Waals surface area contributed by atoms with Crippen molar-refractivity contribution in [1.29, 1.82) is 0 Å². The van der Waals surface area contributed by atoms with Crippen LogP contribution in [0.25, 0.3) is 0 Å². The van der Waals surface area contributed by atoms with Gasteiger partial charge in [0.15, 0.2) is 6.10 Å². The average molecular weight is 1140 g/mol. The first kappa shape index (κ1) is 78.4. The Bertz CT molecular complexity index is 1400. The molecule has 1 unspecified atom stereocenters. The Hall–Kier alpha value is -2.63. The number of esters is 3. The number of carbonyl (C=O) groups is 3. The summed E-state index contributed by atoms with van der Waals surface area (Å²) in [4.78, 5) is 38.4. The molecule has 0 rings (SSSR count). The lowest BCUT2D eigenvalue weighted by Crippen LogP contribution is -2.30. The molecule has 0 aromatic heterocycles. The van der Waals surface area contributed by atoms with E-state index in [0.717, 1.165) is 70.6 Å². The summed E-state index contributed by atoms with van der Waals surface area (Å²) in [6.07, 6.45) is 88.7. The molecule has 0 aliphatic carbocycles. The van der Waals surface area contributed by atoms with Gasteiger partial charge in [-0.1, -0.05) is 339 Å². The van der Waals surface area contributed by atoms with Crippen molar-refractivity contribution in [2.24, 2.45) is 0 Å². The molecular weight excluding hydrogens is 997 g/mol. The summed E-state index contributed by atoms with van der Waals surface area (Å²) in [6.45, 7) is 6.68. The minimum atomic E-state index is -0.772. The predicted molar refractivity (Wildman–Crippen MR) is 353 cm³/mol. The van der Waals surface area contributed by atoms with E-state index >= 15 is 0 Å². The third kappa shape index (κ3) is 68.0. The molecule has 0 saturated carbocycles. The maximum atomic E-state index is 12.9. The first-order valence-corrected chi connectivity index (χ1v) is 36.1. The van der Waals surface area contributed by atoms with E-state index < -0.39 is 6.10 Å². The Morgan fingerprint density at radius 2 is 0.444 bits per heavy atom. The fraction of sp³-hybridized carbons (Fsp3) is 0.853. The van der Waals surface area contributed by atoms with Crippen molar-refractivity contribution in [1.82, 2.24) is 0 Å². The highest BCUT2D eigenvalue weighted by Crippen LogP contribution is 2.18. The van der Waals surface area contributed by atoms with Crippen LogP contribution in [0.2, 0.25) is 0 Å². The van der Waals surface area contributed by atoms with Crippen molar-refractivity contribution in [3.05, 3.63) is 48.6 Å². The number of carbonyl (C=O) groups excluding carboxylic acids is 3. The minimum Gasteiger partial charge on any atom is -0.462 e. The lowest BCUT2D eigenvalue weighted by Gasteiger charge is -2.18. The molecule has 474 valence electrons. The summed E-state index contributed by atoms with van der Waals surface area (Å²) in [7, 11) is 0. The molecule has 0 amide bonds. The van der Waals surface area contributed by atoms with Crippen molar-refractivity contribution >= 4 is 17.9 Å². The smallest absolute Gasteiger partial charge is 0.306 e. The molecule has 0 heterocycles. The topological polar surface area (TPSA) is 78.9 Å². The van der Waals surface area contributed by atoms with Crippen molar-refractivity contribution in [3.63, 3.8) is 0 Å².